The molecule has 2 aromatic rings. The van der Waals surface area contributed by atoms with Crippen molar-refractivity contribution in [3.8, 4) is 0 Å². The van der Waals surface area contributed by atoms with E-state index in [2.05, 4.69) is 99.2 Å². The van der Waals surface area contributed by atoms with E-state index in [4.69, 9.17) is 0 Å². The van der Waals surface area contributed by atoms with Crippen molar-refractivity contribution in [3.05, 3.63) is 84.6 Å². The third kappa shape index (κ3) is 12.9. The summed E-state index contributed by atoms with van der Waals surface area (Å²) in [6.45, 7) is 10.0. The maximum Gasteiger partial charge on any atom is 2.00 e. The van der Waals surface area contributed by atoms with Gasteiger partial charge in [-0.3, -0.25) is 4.79 Å². The van der Waals surface area contributed by atoms with Crippen molar-refractivity contribution in [2.24, 2.45) is 0 Å². The van der Waals surface area contributed by atoms with Crippen LogP contribution in [0.25, 0.3) is 0 Å². The summed E-state index contributed by atoms with van der Waals surface area (Å²) >= 11 is 7.94. The quantitative estimate of drug-likeness (QED) is 0.104. The molecule has 2 aliphatic carbocycles. The molecule has 2 aliphatic rings. The molecule has 2 nitrogen and oxygen atoms in total. The Hall–Kier alpha value is 0.633. The van der Waals surface area contributed by atoms with Crippen molar-refractivity contribution in [1.82, 2.24) is 0 Å². The number of Topliss-reactive ketones (excluding diaryl/α,β-unsaturated/α-hetero) is 1. The molecule has 0 spiro atoms. The molecule has 0 aliphatic heterocycles. The normalized spacial score (nSPS) is 17.6. The van der Waals surface area contributed by atoms with Crippen molar-refractivity contribution in [1.29, 1.82) is 0 Å². The zero-order valence-corrected chi connectivity index (χ0v) is 29.0. The molecule has 0 bridgehead atoms. The van der Waals surface area contributed by atoms with E-state index >= 15 is 0 Å². The van der Waals surface area contributed by atoms with E-state index < -0.39 is 5.60 Å². The Balaban J connectivity index is 0. The van der Waals surface area contributed by atoms with E-state index in [9.17, 15) is 9.90 Å². The molecule has 0 fully saturated rings. The number of rotatable bonds is 1. The number of alkyl halides is 3. The first-order chi connectivity index (χ1) is 15.5. The molecule has 6 heteroatoms. The fourth-order valence-corrected chi connectivity index (χ4v) is 4.37. The van der Waals surface area contributed by atoms with Crippen LogP contribution in [-0.2, 0) is 49.1 Å². The Morgan fingerprint density at radius 3 is 1.94 bits per heavy atom. The molecule has 0 heterocycles. The second-order valence-electron chi connectivity index (χ2n) is 7.11. The standard InChI is InChI=1S/C11H13BrO.C11H12O.2C2H5.CH2I2.Zn/c12-8-11(13)7-3-5-9-4-1-2-6-10(9)11;12-11-7-3-6-9-4-1-2-5-10(9)8-11;2*1-2;2-1-3;/h1-2,4,6,13H,3,5,7-8H2;1-2,4-5H,3,6-8H2;2*1H2,2H3;1H2;/q;;2*-1;;+2. The smallest absolute Gasteiger partial charge is 0.384 e. The van der Waals surface area contributed by atoms with Gasteiger partial charge in [-0.25, -0.2) is 0 Å². The number of carbonyl (C=O) groups is 1. The summed E-state index contributed by atoms with van der Waals surface area (Å²) in [6.07, 6.45) is 6.56. The summed E-state index contributed by atoms with van der Waals surface area (Å²) in [7, 11) is 0. The van der Waals surface area contributed by atoms with Gasteiger partial charge in [-0.2, -0.15) is 13.8 Å². The van der Waals surface area contributed by atoms with Crippen molar-refractivity contribution in [3.63, 3.8) is 0 Å². The van der Waals surface area contributed by atoms with Crippen LogP contribution in [0.4, 0.5) is 0 Å². The monoisotopic (exact) mass is 790 g/mol. The summed E-state index contributed by atoms with van der Waals surface area (Å²) in [5.41, 5.74) is 4.38. The van der Waals surface area contributed by atoms with Crippen molar-refractivity contribution in [2.75, 3.05) is 7.76 Å². The molecule has 0 aromatic heterocycles. The van der Waals surface area contributed by atoms with Crippen LogP contribution in [0.3, 0.4) is 0 Å². The molecule has 4 rings (SSSR count). The molecule has 0 radical (unpaired) electrons. The maximum absolute atomic E-state index is 11.2. The number of aliphatic hydroxyl groups is 1. The van der Waals surface area contributed by atoms with Gasteiger partial charge in [-0.15, -0.1) is 0 Å². The number of aryl methyl sites for hydroxylation is 2. The van der Waals surface area contributed by atoms with Gasteiger partial charge in [0.05, 0.1) is 8.04 Å². The molecule has 180 valence electrons. The van der Waals surface area contributed by atoms with Crippen molar-refractivity contribution < 1.29 is 29.4 Å². The van der Waals surface area contributed by atoms with Gasteiger partial charge >= 0.3 is 19.5 Å². The molecular formula is C27H37BrI2O2Zn. The average Bonchev–Trinajstić information content (AvgIpc) is 3.03. The minimum absolute atomic E-state index is 0. The van der Waals surface area contributed by atoms with E-state index in [1.165, 1.54) is 19.1 Å². The van der Waals surface area contributed by atoms with Crippen LogP contribution in [0, 0.1) is 13.8 Å². The van der Waals surface area contributed by atoms with E-state index in [1.54, 1.807) is 13.8 Å². The molecule has 0 saturated carbocycles. The van der Waals surface area contributed by atoms with Gasteiger partial charge < -0.3 is 19.0 Å². The number of hydrogen-bond donors (Lipinski definition) is 1. The van der Waals surface area contributed by atoms with Gasteiger partial charge in [0.15, 0.2) is 0 Å². The third-order valence-corrected chi connectivity index (χ3v) is 6.11. The topological polar surface area (TPSA) is 37.3 Å². The van der Waals surface area contributed by atoms with Gasteiger partial charge in [0, 0.05) is 18.2 Å². The molecule has 1 atom stereocenters. The molecule has 2 aromatic carbocycles. The summed E-state index contributed by atoms with van der Waals surface area (Å²) in [5, 5.41) is 10.9. The van der Waals surface area contributed by atoms with E-state index in [0.29, 0.717) is 17.5 Å². The summed E-state index contributed by atoms with van der Waals surface area (Å²) in [4.78, 5) is 11.2. The van der Waals surface area contributed by atoms with Crippen molar-refractivity contribution >= 4 is 66.9 Å². The van der Waals surface area contributed by atoms with Gasteiger partial charge in [-0.05, 0) is 54.4 Å². The fraction of sp³-hybridized carbons (Fsp3) is 0.444. The molecule has 0 saturated heterocycles. The number of carbonyl (C=O) groups excluding carboxylic acids is 1. The first-order valence-corrected chi connectivity index (χ1v) is 15.2. The zero-order chi connectivity index (χ0) is 24.4. The number of fused-ring (bicyclic) bond motifs is 2. The number of hydrogen-bond acceptors (Lipinski definition) is 2. The van der Waals surface area contributed by atoms with Gasteiger partial charge in [0.1, 0.15) is 5.78 Å². The first kappa shape index (κ1) is 35.8. The molecule has 1 N–H and O–H groups in total. The summed E-state index contributed by atoms with van der Waals surface area (Å²) in [6, 6.07) is 16.5. The fourth-order valence-electron chi connectivity index (χ4n) is 3.79. The van der Waals surface area contributed by atoms with E-state index in [0.717, 1.165) is 44.1 Å². The minimum atomic E-state index is -0.630. The Labute approximate surface area is 250 Å². The van der Waals surface area contributed by atoms with E-state index in [-0.39, 0.29) is 19.5 Å². The Kier molecular flexibility index (Phi) is 23.7. The van der Waals surface area contributed by atoms with Gasteiger partial charge in [0.25, 0.3) is 0 Å². The predicted octanol–water partition coefficient (Wildman–Crippen LogP) is 8.23. The largest absolute Gasteiger partial charge is 2.00 e. The van der Waals surface area contributed by atoms with Crippen LogP contribution in [0.2, 0.25) is 0 Å². The Morgan fingerprint density at radius 1 is 0.879 bits per heavy atom. The van der Waals surface area contributed by atoms with Crippen LogP contribution in [-0.4, -0.2) is 18.7 Å². The number of benzene rings is 2. The van der Waals surface area contributed by atoms with E-state index in [1.807, 2.05) is 24.3 Å². The van der Waals surface area contributed by atoms with Crippen LogP contribution < -0.4 is 0 Å². The predicted molar refractivity (Wildman–Crippen MR) is 160 cm³/mol. The van der Waals surface area contributed by atoms with Crippen LogP contribution in [0.5, 0.6) is 0 Å². The maximum atomic E-state index is 11.2. The van der Waals surface area contributed by atoms with Gasteiger partial charge in [0.2, 0.25) is 0 Å². The Morgan fingerprint density at radius 2 is 1.36 bits per heavy atom. The zero-order valence-electron chi connectivity index (χ0n) is 20.1. The average molecular weight is 793 g/mol. The van der Waals surface area contributed by atoms with Crippen molar-refractivity contribution in [2.45, 2.75) is 64.4 Å². The minimum Gasteiger partial charge on any atom is -0.384 e. The third-order valence-electron chi connectivity index (χ3n) is 5.18. The molecular weight excluding hydrogens is 755 g/mol. The van der Waals surface area contributed by atoms with Crippen LogP contribution >= 0.6 is 61.1 Å². The summed E-state index contributed by atoms with van der Waals surface area (Å²) < 4.78 is 1.19. The summed E-state index contributed by atoms with van der Waals surface area (Å²) in [5.74, 6) is 0.389. The molecule has 0 amide bonds. The number of ketones is 1. The molecule has 1 unspecified atom stereocenters. The first-order valence-electron chi connectivity index (χ1n) is 11.0. The van der Waals surface area contributed by atoms with Crippen LogP contribution in [0.15, 0.2) is 48.5 Å². The second-order valence-corrected chi connectivity index (χ2v) is 12.1. The number of halogens is 3. The molecule has 33 heavy (non-hydrogen) atoms. The Bertz CT molecular complexity index is 773. The second kappa shape index (κ2) is 21.9. The van der Waals surface area contributed by atoms with Gasteiger partial charge in [-0.1, -0.05) is 110 Å². The van der Waals surface area contributed by atoms with Crippen LogP contribution in [0.1, 0.15) is 61.8 Å². The SMILES string of the molecule is ICI.O=C1CCCc2ccccc2C1.OC1(CBr)CCCc2ccccc21.[CH2-]C.[CH2-]C.[Zn+2].